The molecule has 0 heterocycles. The van der Waals surface area contributed by atoms with Gasteiger partial charge in [0.25, 0.3) is 0 Å². The molecule has 4 nitrogen and oxygen atoms in total. The van der Waals surface area contributed by atoms with Gasteiger partial charge in [-0.2, -0.15) is 0 Å². The van der Waals surface area contributed by atoms with Gasteiger partial charge in [0.15, 0.2) is 0 Å². The zero-order valence-electron chi connectivity index (χ0n) is 9.60. The highest BCUT2D eigenvalue weighted by Crippen LogP contribution is 2.14. The first kappa shape index (κ1) is 12.8. The van der Waals surface area contributed by atoms with Crippen molar-refractivity contribution in [2.75, 3.05) is 11.5 Å². The van der Waals surface area contributed by atoms with Crippen LogP contribution in [-0.4, -0.2) is 12.1 Å². The fourth-order valence-electron chi connectivity index (χ4n) is 1.78. The first-order chi connectivity index (χ1) is 7.59. The van der Waals surface area contributed by atoms with Gasteiger partial charge in [-0.15, -0.1) is 0 Å². The molecule has 0 saturated heterocycles. The molecule has 0 aliphatic heterocycles. The third-order valence-electron chi connectivity index (χ3n) is 2.75. The Morgan fingerprint density at radius 3 is 1.56 bits per heavy atom. The van der Waals surface area contributed by atoms with Crippen LogP contribution in [0, 0.1) is 0 Å². The Morgan fingerprint density at radius 1 is 0.875 bits per heavy atom. The number of benzene rings is 1. The van der Waals surface area contributed by atoms with Gasteiger partial charge in [-0.05, 0) is 31.4 Å². The van der Waals surface area contributed by atoms with E-state index in [1.807, 2.05) is 12.1 Å². The molecule has 0 aromatic heterocycles. The van der Waals surface area contributed by atoms with Crippen LogP contribution in [0.3, 0.4) is 0 Å². The molecule has 8 N–H and O–H groups in total. The molecule has 2 rings (SSSR count). The molecule has 0 amide bonds. The van der Waals surface area contributed by atoms with Gasteiger partial charge in [0, 0.05) is 12.1 Å². The van der Waals surface area contributed by atoms with Crippen LogP contribution in [0.25, 0.3) is 0 Å². The largest absolute Gasteiger partial charge is 0.397 e. The zero-order valence-corrected chi connectivity index (χ0v) is 9.60. The first-order valence-electron chi connectivity index (χ1n) is 5.70. The summed E-state index contributed by atoms with van der Waals surface area (Å²) in [5, 5.41) is 0. The summed E-state index contributed by atoms with van der Waals surface area (Å²) in [6.07, 6.45) is 4.60. The van der Waals surface area contributed by atoms with Gasteiger partial charge in [0.2, 0.25) is 0 Å². The number of rotatable bonds is 0. The van der Waals surface area contributed by atoms with Gasteiger partial charge in [0.05, 0.1) is 11.4 Å². The van der Waals surface area contributed by atoms with E-state index in [4.69, 9.17) is 22.9 Å². The van der Waals surface area contributed by atoms with Crippen molar-refractivity contribution in [3.8, 4) is 0 Å². The second-order valence-corrected chi connectivity index (χ2v) is 4.32. The molecule has 0 bridgehead atoms. The first-order valence-corrected chi connectivity index (χ1v) is 5.70. The van der Waals surface area contributed by atoms with E-state index in [0.29, 0.717) is 23.5 Å². The van der Waals surface area contributed by atoms with Gasteiger partial charge in [-0.25, -0.2) is 0 Å². The van der Waals surface area contributed by atoms with Gasteiger partial charge in [-0.3, -0.25) is 0 Å². The predicted molar refractivity (Wildman–Crippen MR) is 69.7 cm³/mol. The van der Waals surface area contributed by atoms with E-state index in [1.165, 1.54) is 19.3 Å². The van der Waals surface area contributed by atoms with Crippen molar-refractivity contribution in [1.29, 1.82) is 0 Å². The fourth-order valence-corrected chi connectivity index (χ4v) is 1.78. The van der Waals surface area contributed by atoms with Crippen LogP contribution in [0.15, 0.2) is 24.3 Å². The van der Waals surface area contributed by atoms with Crippen LogP contribution in [0.4, 0.5) is 11.4 Å². The maximum atomic E-state index is 5.65. The Hall–Kier alpha value is -1.26. The summed E-state index contributed by atoms with van der Waals surface area (Å²) in [6.45, 7) is 0. The van der Waals surface area contributed by atoms with Gasteiger partial charge in [0.1, 0.15) is 0 Å². The Kier molecular flexibility index (Phi) is 5.08. The van der Waals surface area contributed by atoms with Gasteiger partial charge in [-0.1, -0.05) is 18.6 Å². The molecule has 1 aliphatic carbocycles. The van der Waals surface area contributed by atoms with Crippen LogP contribution < -0.4 is 22.9 Å². The van der Waals surface area contributed by atoms with Crippen LogP contribution in [0.2, 0.25) is 0 Å². The molecule has 1 saturated carbocycles. The monoisotopic (exact) mass is 222 g/mol. The third kappa shape index (κ3) is 4.51. The lowest BCUT2D eigenvalue weighted by Gasteiger charge is -2.22. The van der Waals surface area contributed by atoms with Gasteiger partial charge < -0.3 is 22.9 Å². The molecule has 90 valence electrons. The molecule has 0 radical (unpaired) electrons. The summed E-state index contributed by atoms with van der Waals surface area (Å²) in [7, 11) is 0. The number of hydrogen-bond acceptors (Lipinski definition) is 4. The molecular weight excluding hydrogens is 200 g/mol. The number of anilines is 2. The number of nitrogen functional groups attached to an aromatic ring is 2. The fraction of sp³-hybridized carbons (Fsp3) is 0.500. The molecule has 1 fully saturated rings. The molecular formula is C12H22N4. The SMILES string of the molecule is NC1CCCC(N)C1.Nc1ccccc1N. The molecule has 16 heavy (non-hydrogen) atoms. The molecule has 1 aliphatic rings. The van der Waals surface area contributed by atoms with Crippen molar-refractivity contribution in [1.82, 2.24) is 0 Å². The molecule has 0 spiro atoms. The highest BCUT2D eigenvalue weighted by atomic mass is 14.7. The number of nitrogens with two attached hydrogens (primary N) is 4. The second-order valence-electron chi connectivity index (χ2n) is 4.32. The van der Waals surface area contributed by atoms with Crippen LogP contribution in [0.5, 0.6) is 0 Å². The number of para-hydroxylation sites is 2. The normalized spacial score (nSPS) is 24.4. The minimum atomic E-state index is 0.388. The minimum absolute atomic E-state index is 0.388. The third-order valence-corrected chi connectivity index (χ3v) is 2.75. The smallest absolute Gasteiger partial charge is 0.0547 e. The summed E-state index contributed by atoms with van der Waals surface area (Å²) in [5.74, 6) is 0. The lowest BCUT2D eigenvalue weighted by Crippen LogP contribution is -2.35. The zero-order chi connectivity index (χ0) is 12.0. The highest BCUT2D eigenvalue weighted by molar-refractivity contribution is 5.62. The average molecular weight is 222 g/mol. The Morgan fingerprint density at radius 2 is 1.31 bits per heavy atom. The van der Waals surface area contributed by atoms with Crippen molar-refractivity contribution in [2.24, 2.45) is 11.5 Å². The summed E-state index contributed by atoms with van der Waals surface area (Å²) >= 11 is 0. The van der Waals surface area contributed by atoms with Crippen molar-refractivity contribution in [3.05, 3.63) is 24.3 Å². The molecule has 4 heteroatoms. The molecule has 1 aromatic carbocycles. The average Bonchev–Trinajstić information content (AvgIpc) is 2.23. The highest BCUT2D eigenvalue weighted by Gasteiger charge is 2.14. The lowest BCUT2D eigenvalue weighted by atomic mass is 9.92. The van der Waals surface area contributed by atoms with E-state index in [1.54, 1.807) is 12.1 Å². The lowest BCUT2D eigenvalue weighted by molar-refractivity contribution is 0.392. The Balaban J connectivity index is 0.000000160. The summed E-state index contributed by atoms with van der Waals surface area (Å²) < 4.78 is 0. The van der Waals surface area contributed by atoms with Crippen molar-refractivity contribution in [3.63, 3.8) is 0 Å². The van der Waals surface area contributed by atoms with E-state index >= 15 is 0 Å². The van der Waals surface area contributed by atoms with Gasteiger partial charge >= 0.3 is 0 Å². The minimum Gasteiger partial charge on any atom is -0.397 e. The molecule has 1 aromatic rings. The quantitative estimate of drug-likeness (QED) is 0.493. The predicted octanol–water partition coefficient (Wildman–Crippen LogP) is 1.07. The Bertz CT molecular complexity index is 285. The topological polar surface area (TPSA) is 104 Å². The van der Waals surface area contributed by atoms with Crippen molar-refractivity contribution in [2.45, 2.75) is 37.8 Å². The van der Waals surface area contributed by atoms with E-state index in [-0.39, 0.29) is 0 Å². The molecule has 2 unspecified atom stereocenters. The van der Waals surface area contributed by atoms with Crippen molar-refractivity contribution >= 4 is 11.4 Å². The maximum absolute atomic E-state index is 5.65. The van der Waals surface area contributed by atoms with Crippen molar-refractivity contribution < 1.29 is 0 Å². The summed E-state index contributed by atoms with van der Waals surface area (Å²) in [4.78, 5) is 0. The summed E-state index contributed by atoms with van der Waals surface area (Å²) in [6, 6.07) is 8.03. The van der Waals surface area contributed by atoms with E-state index in [2.05, 4.69) is 0 Å². The Labute approximate surface area is 97.0 Å². The van der Waals surface area contributed by atoms with E-state index in [9.17, 15) is 0 Å². The number of hydrogen-bond donors (Lipinski definition) is 4. The standard InChI is InChI=1S/C6H14N2.C6H8N2/c7-5-2-1-3-6(8)4-5;7-5-3-1-2-4-6(5)8/h5-6H,1-4,7-8H2;1-4H,7-8H2. The maximum Gasteiger partial charge on any atom is 0.0547 e. The summed E-state index contributed by atoms with van der Waals surface area (Å²) in [5.41, 5.74) is 23.4. The molecule has 2 atom stereocenters. The van der Waals surface area contributed by atoms with Crippen LogP contribution >= 0.6 is 0 Å². The van der Waals surface area contributed by atoms with E-state index < -0.39 is 0 Å². The van der Waals surface area contributed by atoms with E-state index in [0.717, 1.165) is 6.42 Å². The van der Waals surface area contributed by atoms with Crippen LogP contribution in [0.1, 0.15) is 25.7 Å². The van der Waals surface area contributed by atoms with Crippen LogP contribution in [-0.2, 0) is 0 Å². The second kappa shape index (κ2) is 6.35.